The first-order chi connectivity index (χ1) is 13.0. The first-order valence-electron chi connectivity index (χ1n) is 8.13. The van der Waals surface area contributed by atoms with E-state index in [-0.39, 0.29) is 0 Å². The predicted octanol–water partition coefficient (Wildman–Crippen LogP) is 5.38. The van der Waals surface area contributed by atoms with Crippen molar-refractivity contribution < 1.29 is 19.1 Å². The zero-order chi connectivity index (χ0) is 19.4. The van der Waals surface area contributed by atoms with E-state index in [4.69, 9.17) is 21.1 Å². The molecule has 3 rings (SSSR count). The normalized spacial score (nSPS) is 10.5. The summed E-state index contributed by atoms with van der Waals surface area (Å²) in [4.78, 5) is 24.6. The van der Waals surface area contributed by atoms with Gasteiger partial charge in [0.05, 0.1) is 13.7 Å². The van der Waals surface area contributed by atoms with Gasteiger partial charge in [-0.15, -0.1) is 11.3 Å². The Balaban J connectivity index is 1.86. The maximum absolute atomic E-state index is 12.2. The average molecular weight is 405 g/mol. The maximum Gasteiger partial charge on any atom is 0.351 e. The van der Waals surface area contributed by atoms with Crippen LogP contribution in [0.1, 0.15) is 16.6 Å². The van der Waals surface area contributed by atoms with E-state index in [1.54, 1.807) is 36.4 Å². The second kappa shape index (κ2) is 8.28. The van der Waals surface area contributed by atoms with Gasteiger partial charge in [0.1, 0.15) is 0 Å². The highest BCUT2D eigenvalue weighted by molar-refractivity contribution is 7.21. The molecule has 2 aromatic carbocycles. The van der Waals surface area contributed by atoms with Crippen LogP contribution >= 0.6 is 22.9 Å². The fraction of sp³-hybridized carbons (Fsp3) is 0.158. The Labute approximate surface area is 165 Å². The van der Waals surface area contributed by atoms with E-state index < -0.39 is 12.0 Å². The summed E-state index contributed by atoms with van der Waals surface area (Å²) in [5.41, 5.74) is 1.15. The second-order valence-corrected chi connectivity index (χ2v) is 6.97. The van der Waals surface area contributed by atoms with Gasteiger partial charge in [0.2, 0.25) is 0 Å². The van der Waals surface area contributed by atoms with Crippen molar-refractivity contribution in [1.82, 2.24) is 0 Å². The van der Waals surface area contributed by atoms with Crippen molar-refractivity contribution in [2.24, 2.45) is 0 Å². The minimum absolute atomic E-state index is 0.398. The van der Waals surface area contributed by atoms with Crippen molar-refractivity contribution in [1.29, 1.82) is 0 Å². The lowest BCUT2D eigenvalue weighted by atomic mass is 10.2. The fourth-order valence-electron chi connectivity index (χ4n) is 2.53. The molecule has 8 heteroatoms. The second-order valence-electron chi connectivity index (χ2n) is 5.49. The number of hydrogen-bond donors (Lipinski definition) is 2. The molecule has 1 aromatic heterocycles. The van der Waals surface area contributed by atoms with Gasteiger partial charge >= 0.3 is 12.0 Å². The van der Waals surface area contributed by atoms with Crippen LogP contribution in [0.5, 0.6) is 5.75 Å². The molecule has 0 saturated heterocycles. The molecule has 2 amide bonds. The highest BCUT2D eigenvalue weighted by atomic mass is 35.5. The van der Waals surface area contributed by atoms with E-state index >= 15 is 0 Å². The number of methoxy groups -OCH3 is 1. The number of fused-ring (bicyclic) bond motifs is 1. The topological polar surface area (TPSA) is 76.7 Å². The number of carbonyl (C=O) groups is 2. The third kappa shape index (κ3) is 4.32. The number of thiophene rings is 1. The zero-order valence-corrected chi connectivity index (χ0v) is 16.2. The third-order valence-corrected chi connectivity index (χ3v) is 5.01. The summed E-state index contributed by atoms with van der Waals surface area (Å²) in [5.74, 6) is 0.0103. The van der Waals surface area contributed by atoms with Crippen LogP contribution in [-0.4, -0.2) is 25.7 Å². The molecule has 0 atom stereocenters. The van der Waals surface area contributed by atoms with E-state index in [1.807, 2.05) is 13.0 Å². The van der Waals surface area contributed by atoms with Crippen LogP contribution in [0.3, 0.4) is 0 Å². The largest absolute Gasteiger partial charge is 0.491 e. The van der Waals surface area contributed by atoms with Crippen molar-refractivity contribution in [2.75, 3.05) is 24.4 Å². The number of carbonyl (C=O) groups excluding carboxylic acids is 2. The quantitative estimate of drug-likeness (QED) is 0.559. The van der Waals surface area contributed by atoms with Gasteiger partial charge < -0.3 is 20.1 Å². The van der Waals surface area contributed by atoms with Crippen molar-refractivity contribution in [3.05, 3.63) is 52.4 Å². The van der Waals surface area contributed by atoms with E-state index in [0.717, 1.165) is 10.1 Å². The smallest absolute Gasteiger partial charge is 0.351 e. The lowest BCUT2D eigenvalue weighted by Crippen LogP contribution is -2.19. The summed E-state index contributed by atoms with van der Waals surface area (Å²) >= 11 is 7.20. The van der Waals surface area contributed by atoms with Crippen LogP contribution in [0, 0.1) is 0 Å². The van der Waals surface area contributed by atoms with Gasteiger partial charge in [0.15, 0.2) is 10.6 Å². The van der Waals surface area contributed by atoms with Crippen molar-refractivity contribution >= 4 is 56.4 Å². The molecule has 0 bridgehead atoms. The van der Waals surface area contributed by atoms with Gasteiger partial charge in [0, 0.05) is 26.5 Å². The van der Waals surface area contributed by atoms with Crippen molar-refractivity contribution in [2.45, 2.75) is 6.92 Å². The number of esters is 1. The van der Waals surface area contributed by atoms with Gasteiger partial charge in [-0.1, -0.05) is 17.7 Å². The van der Waals surface area contributed by atoms with Gasteiger partial charge in [-0.05, 0) is 43.3 Å². The molecule has 140 valence electrons. The van der Waals surface area contributed by atoms with Crippen LogP contribution in [-0.2, 0) is 4.74 Å². The number of amides is 2. The first-order valence-corrected chi connectivity index (χ1v) is 9.32. The maximum atomic E-state index is 12.2. The summed E-state index contributed by atoms with van der Waals surface area (Å²) in [6, 6.07) is 11.8. The first kappa shape index (κ1) is 19.0. The monoisotopic (exact) mass is 404 g/mol. The van der Waals surface area contributed by atoms with Crippen LogP contribution in [0.25, 0.3) is 10.1 Å². The Bertz CT molecular complexity index is 1000. The molecule has 27 heavy (non-hydrogen) atoms. The van der Waals surface area contributed by atoms with E-state index in [0.29, 0.717) is 33.6 Å². The van der Waals surface area contributed by atoms with Crippen LogP contribution in [0.2, 0.25) is 5.02 Å². The zero-order valence-electron chi connectivity index (χ0n) is 14.7. The molecule has 0 spiro atoms. The Morgan fingerprint density at radius 3 is 2.52 bits per heavy atom. The summed E-state index contributed by atoms with van der Waals surface area (Å²) in [6.07, 6.45) is 0. The predicted molar refractivity (Wildman–Crippen MR) is 108 cm³/mol. The number of ether oxygens (including phenoxy) is 2. The molecule has 1 heterocycles. The molecule has 0 aliphatic rings. The molecule has 0 fully saturated rings. The van der Waals surface area contributed by atoms with Crippen LogP contribution in [0.4, 0.5) is 16.2 Å². The highest BCUT2D eigenvalue weighted by Crippen LogP contribution is 2.39. The summed E-state index contributed by atoms with van der Waals surface area (Å²) in [6.45, 7) is 2.24. The van der Waals surface area contributed by atoms with Gasteiger partial charge in [-0.3, -0.25) is 0 Å². The van der Waals surface area contributed by atoms with Gasteiger partial charge in [-0.25, -0.2) is 9.59 Å². The molecule has 3 aromatic rings. The van der Waals surface area contributed by atoms with Gasteiger partial charge in [0.25, 0.3) is 0 Å². The highest BCUT2D eigenvalue weighted by Gasteiger charge is 2.20. The molecule has 0 unspecified atom stereocenters. The molecule has 2 N–H and O–H groups in total. The molecule has 0 radical (unpaired) electrons. The Hall–Kier alpha value is -2.77. The molecule has 0 aliphatic carbocycles. The minimum Gasteiger partial charge on any atom is -0.491 e. The SMILES string of the molecule is CCOc1c(C(=O)OC)sc2ccc(NC(=O)Nc3cccc(Cl)c3)cc12. The number of anilines is 2. The lowest BCUT2D eigenvalue weighted by molar-refractivity contribution is 0.0602. The Kier molecular flexibility index (Phi) is 5.83. The Morgan fingerprint density at radius 1 is 1.11 bits per heavy atom. The molecule has 0 saturated carbocycles. The lowest BCUT2D eigenvalue weighted by Gasteiger charge is -2.09. The minimum atomic E-state index is -0.451. The molecule has 6 nitrogen and oxygen atoms in total. The number of nitrogens with one attached hydrogen (secondary N) is 2. The number of urea groups is 1. The summed E-state index contributed by atoms with van der Waals surface area (Å²) < 4.78 is 11.3. The molecular weight excluding hydrogens is 388 g/mol. The number of benzene rings is 2. The van der Waals surface area contributed by atoms with E-state index in [1.165, 1.54) is 18.4 Å². The number of hydrogen-bond acceptors (Lipinski definition) is 5. The number of halogens is 1. The summed E-state index contributed by atoms with van der Waals surface area (Å²) in [5, 5.41) is 6.75. The van der Waals surface area contributed by atoms with E-state index in [2.05, 4.69) is 10.6 Å². The third-order valence-electron chi connectivity index (χ3n) is 3.64. The van der Waals surface area contributed by atoms with Crippen molar-refractivity contribution in [3.8, 4) is 5.75 Å². The fourth-order valence-corrected chi connectivity index (χ4v) is 3.76. The van der Waals surface area contributed by atoms with E-state index in [9.17, 15) is 9.59 Å². The van der Waals surface area contributed by atoms with Crippen molar-refractivity contribution in [3.63, 3.8) is 0 Å². The molecular formula is C19H17ClN2O4S. The Morgan fingerprint density at radius 2 is 1.85 bits per heavy atom. The standard InChI is InChI=1S/C19H17ClN2O4S/c1-3-26-16-14-10-13(7-8-15(14)27-17(16)18(23)25-2)22-19(24)21-12-6-4-5-11(20)9-12/h4-10H,3H2,1-2H3,(H2,21,22,24). The average Bonchev–Trinajstić information content (AvgIpc) is 2.99. The summed E-state index contributed by atoms with van der Waals surface area (Å²) in [7, 11) is 1.33. The molecule has 0 aliphatic heterocycles. The van der Waals surface area contributed by atoms with Crippen LogP contribution in [0.15, 0.2) is 42.5 Å². The van der Waals surface area contributed by atoms with Crippen LogP contribution < -0.4 is 15.4 Å². The number of rotatable bonds is 5. The van der Waals surface area contributed by atoms with Gasteiger partial charge in [-0.2, -0.15) is 0 Å².